The maximum Gasteiger partial charge on any atom is 0.255 e. The van der Waals surface area contributed by atoms with Gasteiger partial charge in [-0.25, -0.2) is 0 Å². The molecular formula is C20H29N3O2. The second-order valence-electron chi connectivity index (χ2n) is 7.36. The van der Waals surface area contributed by atoms with Crippen LogP contribution in [0.25, 0.3) is 0 Å². The molecule has 1 aromatic carbocycles. The first-order valence-corrected chi connectivity index (χ1v) is 9.54. The van der Waals surface area contributed by atoms with Crippen LogP contribution < -0.4 is 10.6 Å². The summed E-state index contributed by atoms with van der Waals surface area (Å²) in [6, 6.07) is 7.37. The SMILES string of the molecule is CC(CC(=O)Nc1ccccc1C(=O)N1CCCC1)C1CCNCC1. The van der Waals surface area contributed by atoms with Crippen molar-refractivity contribution in [2.75, 3.05) is 31.5 Å². The third-order valence-electron chi connectivity index (χ3n) is 5.52. The van der Waals surface area contributed by atoms with E-state index in [0.717, 1.165) is 51.9 Å². The van der Waals surface area contributed by atoms with E-state index < -0.39 is 0 Å². The van der Waals surface area contributed by atoms with Crippen molar-refractivity contribution >= 4 is 17.5 Å². The molecule has 5 nitrogen and oxygen atoms in total. The Hall–Kier alpha value is -1.88. The molecule has 2 fully saturated rings. The van der Waals surface area contributed by atoms with Crippen LogP contribution >= 0.6 is 0 Å². The fraction of sp³-hybridized carbons (Fsp3) is 0.600. The van der Waals surface area contributed by atoms with Crippen molar-refractivity contribution in [3.8, 4) is 0 Å². The summed E-state index contributed by atoms with van der Waals surface area (Å²) in [5, 5.41) is 6.35. The number of hydrogen-bond donors (Lipinski definition) is 2. The van der Waals surface area contributed by atoms with Gasteiger partial charge in [-0.2, -0.15) is 0 Å². The summed E-state index contributed by atoms with van der Waals surface area (Å²) in [5.74, 6) is 1.00. The first-order chi connectivity index (χ1) is 12.1. The van der Waals surface area contributed by atoms with Crippen LogP contribution in [0.4, 0.5) is 5.69 Å². The number of piperidine rings is 1. The lowest BCUT2D eigenvalue weighted by molar-refractivity contribution is -0.117. The highest BCUT2D eigenvalue weighted by Gasteiger charge is 2.24. The van der Waals surface area contributed by atoms with Crippen LogP contribution in [0.2, 0.25) is 0 Å². The molecule has 0 bridgehead atoms. The molecule has 2 aliphatic rings. The zero-order chi connectivity index (χ0) is 17.6. The number of likely N-dealkylation sites (tertiary alicyclic amines) is 1. The number of anilines is 1. The number of hydrogen-bond acceptors (Lipinski definition) is 3. The second-order valence-corrected chi connectivity index (χ2v) is 7.36. The van der Waals surface area contributed by atoms with Crippen LogP contribution in [0.3, 0.4) is 0 Å². The molecule has 5 heteroatoms. The Morgan fingerprint density at radius 1 is 1.20 bits per heavy atom. The number of carbonyl (C=O) groups is 2. The molecule has 136 valence electrons. The molecule has 2 saturated heterocycles. The third kappa shape index (κ3) is 4.60. The lowest BCUT2D eigenvalue weighted by Crippen LogP contribution is -2.32. The van der Waals surface area contributed by atoms with E-state index in [4.69, 9.17) is 0 Å². The molecule has 1 aromatic rings. The van der Waals surface area contributed by atoms with Crippen molar-refractivity contribution in [2.45, 2.75) is 39.0 Å². The van der Waals surface area contributed by atoms with Crippen LogP contribution in [-0.2, 0) is 4.79 Å². The molecule has 2 aliphatic heterocycles. The van der Waals surface area contributed by atoms with Crippen molar-refractivity contribution in [3.05, 3.63) is 29.8 Å². The number of benzene rings is 1. The standard InChI is InChI=1S/C20H29N3O2/c1-15(16-8-10-21-11-9-16)14-19(24)22-18-7-3-2-6-17(18)20(25)23-12-4-5-13-23/h2-3,6-7,15-16,21H,4-5,8-14H2,1H3,(H,22,24). The van der Waals surface area contributed by atoms with Gasteiger partial charge in [0.2, 0.25) is 5.91 Å². The van der Waals surface area contributed by atoms with Crippen molar-refractivity contribution in [1.82, 2.24) is 10.2 Å². The number of amides is 2. The molecule has 2 heterocycles. The minimum Gasteiger partial charge on any atom is -0.339 e. The largest absolute Gasteiger partial charge is 0.339 e. The van der Waals surface area contributed by atoms with Gasteiger partial charge in [-0.05, 0) is 62.7 Å². The highest BCUT2D eigenvalue weighted by atomic mass is 16.2. The van der Waals surface area contributed by atoms with E-state index in [9.17, 15) is 9.59 Å². The second kappa shape index (κ2) is 8.48. The molecule has 25 heavy (non-hydrogen) atoms. The lowest BCUT2D eigenvalue weighted by Gasteiger charge is -2.28. The fourth-order valence-corrected chi connectivity index (χ4v) is 3.94. The van der Waals surface area contributed by atoms with Crippen molar-refractivity contribution in [1.29, 1.82) is 0 Å². The van der Waals surface area contributed by atoms with Gasteiger partial charge in [0.05, 0.1) is 11.3 Å². The molecule has 0 aliphatic carbocycles. The molecule has 3 rings (SSSR count). The van der Waals surface area contributed by atoms with E-state index in [-0.39, 0.29) is 11.8 Å². The van der Waals surface area contributed by atoms with Crippen LogP contribution in [0.15, 0.2) is 24.3 Å². The van der Waals surface area contributed by atoms with Gasteiger partial charge < -0.3 is 15.5 Å². The zero-order valence-corrected chi connectivity index (χ0v) is 15.1. The molecule has 2 N–H and O–H groups in total. The smallest absolute Gasteiger partial charge is 0.255 e. The van der Waals surface area contributed by atoms with Crippen LogP contribution in [-0.4, -0.2) is 42.9 Å². The highest BCUT2D eigenvalue weighted by molar-refractivity contribution is 6.03. The molecular weight excluding hydrogens is 314 g/mol. The third-order valence-corrected chi connectivity index (χ3v) is 5.52. The quantitative estimate of drug-likeness (QED) is 0.864. The molecule has 2 amide bonds. The van der Waals surface area contributed by atoms with Crippen molar-refractivity contribution in [3.63, 3.8) is 0 Å². The average molecular weight is 343 g/mol. The topological polar surface area (TPSA) is 61.4 Å². The Bertz CT molecular complexity index is 605. The Morgan fingerprint density at radius 2 is 1.88 bits per heavy atom. The van der Waals surface area contributed by atoms with Gasteiger partial charge in [-0.3, -0.25) is 9.59 Å². The first-order valence-electron chi connectivity index (χ1n) is 9.54. The van der Waals surface area contributed by atoms with Gasteiger partial charge in [0, 0.05) is 19.5 Å². The van der Waals surface area contributed by atoms with Gasteiger partial charge >= 0.3 is 0 Å². The summed E-state index contributed by atoms with van der Waals surface area (Å²) >= 11 is 0. The Labute approximate surface area is 150 Å². The Morgan fingerprint density at radius 3 is 2.60 bits per heavy atom. The van der Waals surface area contributed by atoms with Gasteiger partial charge in [0.1, 0.15) is 0 Å². The summed E-state index contributed by atoms with van der Waals surface area (Å²) in [4.78, 5) is 27.1. The molecule has 0 aromatic heterocycles. The predicted octanol–water partition coefficient (Wildman–Crippen LogP) is 2.89. The predicted molar refractivity (Wildman–Crippen MR) is 99.6 cm³/mol. The van der Waals surface area contributed by atoms with E-state index in [1.807, 2.05) is 29.2 Å². The molecule has 0 radical (unpaired) electrons. The molecule has 0 spiro atoms. The molecule has 1 unspecified atom stereocenters. The van der Waals surface area contributed by atoms with Gasteiger partial charge in [0.15, 0.2) is 0 Å². The van der Waals surface area contributed by atoms with Crippen molar-refractivity contribution < 1.29 is 9.59 Å². The number of rotatable bonds is 5. The fourth-order valence-electron chi connectivity index (χ4n) is 3.94. The molecule has 1 atom stereocenters. The van der Waals surface area contributed by atoms with Gasteiger partial charge in [-0.1, -0.05) is 19.1 Å². The number of nitrogens with zero attached hydrogens (tertiary/aromatic N) is 1. The van der Waals surface area contributed by atoms with E-state index in [1.165, 1.54) is 0 Å². The zero-order valence-electron chi connectivity index (χ0n) is 15.1. The van der Waals surface area contributed by atoms with Crippen LogP contribution in [0, 0.1) is 11.8 Å². The molecule has 0 saturated carbocycles. The average Bonchev–Trinajstić information content (AvgIpc) is 3.17. The lowest BCUT2D eigenvalue weighted by atomic mass is 9.84. The van der Waals surface area contributed by atoms with Gasteiger partial charge in [-0.15, -0.1) is 0 Å². The monoisotopic (exact) mass is 343 g/mol. The summed E-state index contributed by atoms with van der Waals surface area (Å²) in [6.45, 7) is 5.88. The Kier molecular flexibility index (Phi) is 6.08. The summed E-state index contributed by atoms with van der Waals surface area (Å²) < 4.78 is 0. The summed E-state index contributed by atoms with van der Waals surface area (Å²) in [7, 11) is 0. The summed E-state index contributed by atoms with van der Waals surface area (Å²) in [5.41, 5.74) is 1.24. The maximum absolute atomic E-state index is 12.7. The van der Waals surface area contributed by atoms with E-state index in [0.29, 0.717) is 29.5 Å². The Balaban J connectivity index is 1.61. The van der Waals surface area contributed by atoms with Crippen LogP contribution in [0.5, 0.6) is 0 Å². The van der Waals surface area contributed by atoms with Crippen molar-refractivity contribution in [2.24, 2.45) is 11.8 Å². The van der Waals surface area contributed by atoms with Gasteiger partial charge in [0.25, 0.3) is 5.91 Å². The highest BCUT2D eigenvalue weighted by Crippen LogP contribution is 2.25. The maximum atomic E-state index is 12.7. The van der Waals surface area contributed by atoms with E-state index in [1.54, 1.807) is 0 Å². The number of para-hydroxylation sites is 1. The minimum atomic E-state index is 0.00713. The normalized spacial score (nSPS) is 19.6. The number of carbonyl (C=O) groups excluding carboxylic acids is 2. The van der Waals surface area contributed by atoms with E-state index in [2.05, 4.69) is 17.6 Å². The van der Waals surface area contributed by atoms with E-state index >= 15 is 0 Å². The number of nitrogens with one attached hydrogen (secondary N) is 2. The minimum absolute atomic E-state index is 0.00713. The first kappa shape index (κ1) is 17.9. The summed E-state index contributed by atoms with van der Waals surface area (Å²) in [6.07, 6.45) is 4.91. The van der Waals surface area contributed by atoms with Crippen LogP contribution in [0.1, 0.15) is 49.4 Å².